The normalized spacial score (nSPS) is 15.7. The number of oxime groups is 1. The smallest absolute Gasteiger partial charge is 0.227 e. The summed E-state index contributed by atoms with van der Waals surface area (Å²) in [6, 6.07) is 6.97. The highest BCUT2D eigenvalue weighted by molar-refractivity contribution is 5.93. The van der Waals surface area contributed by atoms with Crippen LogP contribution in [0, 0.1) is 5.92 Å². The van der Waals surface area contributed by atoms with Gasteiger partial charge in [-0.2, -0.15) is 0 Å². The van der Waals surface area contributed by atoms with Crippen LogP contribution >= 0.6 is 0 Å². The van der Waals surface area contributed by atoms with E-state index in [9.17, 15) is 4.79 Å². The van der Waals surface area contributed by atoms with Gasteiger partial charge >= 0.3 is 0 Å². The number of hydrogen-bond acceptors (Lipinski definition) is 4. The van der Waals surface area contributed by atoms with Gasteiger partial charge in [-0.25, -0.2) is 0 Å². The van der Waals surface area contributed by atoms with Gasteiger partial charge in [-0.3, -0.25) is 4.79 Å². The van der Waals surface area contributed by atoms with Crippen LogP contribution in [0.2, 0.25) is 0 Å². The summed E-state index contributed by atoms with van der Waals surface area (Å²) >= 11 is 0. The quantitative estimate of drug-likeness (QED) is 0.325. The van der Waals surface area contributed by atoms with E-state index in [0.29, 0.717) is 5.75 Å². The largest absolute Gasteiger partial charge is 0.486 e. The number of amidine groups is 1. The third-order valence-corrected chi connectivity index (χ3v) is 3.11. The number of amides is 1. The van der Waals surface area contributed by atoms with E-state index >= 15 is 0 Å². The van der Waals surface area contributed by atoms with Crippen LogP contribution in [0.1, 0.15) is 19.3 Å². The maximum Gasteiger partial charge on any atom is 0.227 e. The zero-order valence-electron chi connectivity index (χ0n) is 10.5. The lowest BCUT2D eigenvalue weighted by Gasteiger charge is -2.24. The Morgan fingerprint density at radius 2 is 2.11 bits per heavy atom. The number of carbonyl (C=O) groups excluding carboxylic acids is 1. The molecule has 4 N–H and O–H groups in total. The third-order valence-electron chi connectivity index (χ3n) is 3.11. The van der Waals surface area contributed by atoms with Gasteiger partial charge in [-0.1, -0.05) is 11.6 Å². The van der Waals surface area contributed by atoms with Crippen LogP contribution in [0.15, 0.2) is 29.4 Å². The van der Waals surface area contributed by atoms with Crippen LogP contribution in [-0.2, 0) is 4.79 Å². The summed E-state index contributed by atoms with van der Waals surface area (Å²) in [6.45, 7) is 0.0181. The van der Waals surface area contributed by atoms with E-state index in [1.54, 1.807) is 24.3 Å². The first-order chi connectivity index (χ1) is 9.19. The highest BCUT2D eigenvalue weighted by atomic mass is 16.5. The molecule has 1 aromatic rings. The fourth-order valence-electron chi connectivity index (χ4n) is 1.74. The first-order valence-electron chi connectivity index (χ1n) is 6.19. The Morgan fingerprint density at radius 1 is 1.42 bits per heavy atom. The SMILES string of the molecule is N/C(COc1ccc(NC(=O)C2CCC2)cc1)=N\O. The summed E-state index contributed by atoms with van der Waals surface area (Å²) in [4.78, 5) is 11.7. The maximum absolute atomic E-state index is 11.7. The van der Waals surface area contributed by atoms with Crippen LogP contribution in [0.5, 0.6) is 5.75 Å². The lowest BCUT2D eigenvalue weighted by Crippen LogP contribution is -2.27. The topological polar surface area (TPSA) is 96.9 Å². The molecule has 0 unspecified atom stereocenters. The molecule has 0 bridgehead atoms. The number of carbonyl (C=O) groups is 1. The minimum atomic E-state index is 0.00219. The Morgan fingerprint density at radius 3 is 2.63 bits per heavy atom. The summed E-state index contributed by atoms with van der Waals surface area (Å²) < 4.78 is 5.27. The van der Waals surface area contributed by atoms with Crippen molar-refractivity contribution in [3.05, 3.63) is 24.3 Å². The predicted molar refractivity (Wildman–Crippen MR) is 71.3 cm³/mol. The maximum atomic E-state index is 11.7. The molecule has 1 aliphatic carbocycles. The molecular formula is C13H17N3O3. The van der Waals surface area contributed by atoms with Gasteiger partial charge < -0.3 is 21.0 Å². The van der Waals surface area contributed by atoms with Gasteiger partial charge in [0, 0.05) is 11.6 Å². The molecule has 1 fully saturated rings. The Hall–Kier alpha value is -2.24. The third kappa shape index (κ3) is 3.61. The fraction of sp³-hybridized carbons (Fsp3) is 0.385. The predicted octanol–water partition coefficient (Wildman–Crippen LogP) is 1.55. The molecule has 0 aliphatic heterocycles. The number of nitrogens with zero attached hydrogens (tertiary/aromatic N) is 1. The van der Waals surface area contributed by atoms with Crippen molar-refractivity contribution >= 4 is 17.4 Å². The number of hydrogen-bond donors (Lipinski definition) is 3. The monoisotopic (exact) mass is 263 g/mol. The number of nitrogens with one attached hydrogen (secondary N) is 1. The number of ether oxygens (including phenoxy) is 1. The Balaban J connectivity index is 1.85. The first-order valence-corrected chi connectivity index (χ1v) is 6.19. The average Bonchev–Trinajstić information content (AvgIpc) is 2.35. The lowest BCUT2D eigenvalue weighted by molar-refractivity contribution is -0.122. The molecule has 0 spiro atoms. The molecular weight excluding hydrogens is 246 g/mol. The van der Waals surface area contributed by atoms with E-state index in [-0.39, 0.29) is 24.3 Å². The Labute approximate surface area is 111 Å². The molecule has 19 heavy (non-hydrogen) atoms. The molecule has 1 aliphatic rings. The fourth-order valence-corrected chi connectivity index (χ4v) is 1.74. The number of anilines is 1. The van der Waals surface area contributed by atoms with Crippen molar-refractivity contribution < 1.29 is 14.7 Å². The molecule has 0 atom stereocenters. The molecule has 1 saturated carbocycles. The van der Waals surface area contributed by atoms with Crippen LogP contribution < -0.4 is 15.8 Å². The Bertz CT molecular complexity index is 467. The van der Waals surface area contributed by atoms with Crippen LogP contribution in [0.25, 0.3) is 0 Å². The zero-order chi connectivity index (χ0) is 13.7. The van der Waals surface area contributed by atoms with Crippen molar-refractivity contribution in [1.82, 2.24) is 0 Å². The first kappa shape index (κ1) is 13.2. The van der Waals surface area contributed by atoms with E-state index in [1.807, 2.05) is 0 Å². The van der Waals surface area contributed by atoms with Gasteiger partial charge in [-0.05, 0) is 37.1 Å². The van der Waals surface area contributed by atoms with E-state index in [0.717, 1.165) is 24.9 Å². The van der Waals surface area contributed by atoms with Crippen molar-refractivity contribution in [2.75, 3.05) is 11.9 Å². The van der Waals surface area contributed by atoms with Crippen LogP contribution in [0.3, 0.4) is 0 Å². The van der Waals surface area contributed by atoms with Gasteiger partial charge in [-0.15, -0.1) is 0 Å². The van der Waals surface area contributed by atoms with Crippen molar-refractivity contribution in [1.29, 1.82) is 0 Å². The van der Waals surface area contributed by atoms with E-state index in [2.05, 4.69) is 10.5 Å². The minimum absolute atomic E-state index is 0.00219. The standard InChI is InChI=1S/C13H17N3O3/c14-12(16-18)8-19-11-6-4-10(5-7-11)15-13(17)9-2-1-3-9/h4-7,9,18H,1-3,8H2,(H2,14,16)(H,15,17). The number of nitrogens with two attached hydrogens (primary N) is 1. The molecule has 0 heterocycles. The molecule has 0 radical (unpaired) electrons. The Kier molecular flexibility index (Phi) is 4.22. The summed E-state index contributed by atoms with van der Waals surface area (Å²) in [5, 5.41) is 14.0. The molecule has 102 valence electrons. The highest BCUT2D eigenvalue weighted by Crippen LogP contribution is 2.27. The van der Waals surface area contributed by atoms with Gasteiger partial charge in [0.1, 0.15) is 12.4 Å². The summed E-state index contributed by atoms with van der Waals surface area (Å²) in [5.41, 5.74) is 6.03. The van der Waals surface area contributed by atoms with E-state index in [1.165, 1.54) is 0 Å². The molecule has 2 rings (SSSR count). The van der Waals surface area contributed by atoms with Gasteiger partial charge in [0.05, 0.1) is 0 Å². The molecule has 0 saturated heterocycles. The lowest BCUT2D eigenvalue weighted by atomic mass is 9.85. The average molecular weight is 263 g/mol. The van der Waals surface area contributed by atoms with Crippen molar-refractivity contribution in [2.24, 2.45) is 16.8 Å². The second-order valence-corrected chi connectivity index (χ2v) is 4.52. The van der Waals surface area contributed by atoms with Crippen LogP contribution in [0.4, 0.5) is 5.69 Å². The number of rotatable bonds is 5. The molecule has 0 aromatic heterocycles. The minimum Gasteiger partial charge on any atom is -0.486 e. The molecule has 1 aromatic carbocycles. The zero-order valence-corrected chi connectivity index (χ0v) is 10.5. The molecule has 6 heteroatoms. The summed E-state index contributed by atoms with van der Waals surface area (Å²) in [6.07, 6.45) is 3.10. The van der Waals surface area contributed by atoms with E-state index < -0.39 is 0 Å². The van der Waals surface area contributed by atoms with Gasteiger partial charge in [0.15, 0.2) is 5.84 Å². The van der Waals surface area contributed by atoms with Crippen molar-refractivity contribution in [2.45, 2.75) is 19.3 Å². The van der Waals surface area contributed by atoms with Gasteiger partial charge in [0.25, 0.3) is 0 Å². The van der Waals surface area contributed by atoms with Crippen molar-refractivity contribution in [3.8, 4) is 5.75 Å². The molecule has 1 amide bonds. The molecule has 6 nitrogen and oxygen atoms in total. The van der Waals surface area contributed by atoms with Crippen LogP contribution in [-0.4, -0.2) is 23.6 Å². The van der Waals surface area contributed by atoms with Crippen molar-refractivity contribution in [3.63, 3.8) is 0 Å². The summed E-state index contributed by atoms with van der Waals surface area (Å²) in [7, 11) is 0. The second-order valence-electron chi connectivity index (χ2n) is 4.52. The number of benzene rings is 1. The highest BCUT2D eigenvalue weighted by Gasteiger charge is 2.24. The van der Waals surface area contributed by atoms with Gasteiger partial charge in [0.2, 0.25) is 5.91 Å². The van der Waals surface area contributed by atoms with E-state index in [4.69, 9.17) is 15.7 Å². The second kappa shape index (κ2) is 6.08. The summed E-state index contributed by atoms with van der Waals surface area (Å²) in [5.74, 6) is 0.837.